The lowest BCUT2D eigenvalue weighted by Crippen LogP contribution is -2.17. The molecule has 0 saturated carbocycles. The molecule has 1 heterocycles. The smallest absolute Gasteiger partial charge is 0.343 e. The molecule has 2 rings (SSSR count). The van der Waals surface area contributed by atoms with Crippen molar-refractivity contribution in [1.29, 1.82) is 0 Å². The van der Waals surface area contributed by atoms with Crippen LogP contribution in [0.3, 0.4) is 0 Å². The molecule has 1 aromatic heterocycles. The lowest BCUT2D eigenvalue weighted by Gasteiger charge is -2.02. The number of benzene rings is 1. The highest BCUT2D eigenvalue weighted by Crippen LogP contribution is 2.07. The van der Waals surface area contributed by atoms with Gasteiger partial charge in [-0.05, 0) is 19.1 Å². The molecule has 1 aromatic carbocycles. The number of H-pyrrole nitrogens is 1. The van der Waals surface area contributed by atoms with Gasteiger partial charge in [0, 0.05) is 17.1 Å². The van der Waals surface area contributed by atoms with E-state index in [1.165, 1.54) is 12.6 Å². The zero-order valence-corrected chi connectivity index (χ0v) is 11.5. The molecule has 0 aliphatic heterocycles. The molecule has 4 heteroatoms. The standard InChI is InChI=1S/C12H11NO3.C3H8/c1-2-16-12(15)9-7-13-10-6-4-3-5-8(10)11(9)14;1-3-2/h3-7H,2H2,1H3,(H,13,14);3H2,1-2H3. The number of ether oxygens (including phenoxy) is 1. The molecule has 0 spiro atoms. The van der Waals surface area contributed by atoms with Gasteiger partial charge in [0.05, 0.1) is 6.61 Å². The van der Waals surface area contributed by atoms with E-state index in [9.17, 15) is 9.59 Å². The third-order valence-electron chi connectivity index (χ3n) is 2.28. The maximum Gasteiger partial charge on any atom is 0.343 e. The molecular weight excluding hydrogens is 242 g/mol. The number of aromatic amines is 1. The minimum Gasteiger partial charge on any atom is -0.462 e. The number of nitrogens with one attached hydrogen (secondary N) is 1. The summed E-state index contributed by atoms with van der Waals surface area (Å²) in [6, 6.07) is 7.04. The van der Waals surface area contributed by atoms with Crippen LogP contribution in [0.1, 0.15) is 37.6 Å². The summed E-state index contributed by atoms with van der Waals surface area (Å²) < 4.78 is 4.80. The van der Waals surface area contributed by atoms with Crippen LogP contribution >= 0.6 is 0 Å². The molecule has 2 aromatic rings. The van der Waals surface area contributed by atoms with Gasteiger partial charge in [-0.15, -0.1) is 0 Å². The number of hydrogen-bond acceptors (Lipinski definition) is 3. The summed E-state index contributed by atoms with van der Waals surface area (Å²) in [6.07, 6.45) is 2.64. The number of rotatable bonds is 2. The molecule has 0 amide bonds. The van der Waals surface area contributed by atoms with Crippen molar-refractivity contribution in [1.82, 2.24) is 4.98 Å². The van der Waals surface area contributed by atoms with Gasteiger partial charge in [0.15, 0.2) is 0 Å². The van der Waals surface area contributed by atoms with Crippen molar-refractivity contribution in [2.45, 2.75) is 27.2 Å². The third kappa shape index (κ3) is 3.68. The molecular formula is C15H19NO3. The summed E-state index contributed by atoms with van der Waals surface area (Å²) in [6.45, 7) is 6.21. The second-order valence-corrected chi connectivity index (χ2v) is 4.00. The van der Waals surface area contributed by atoms with Crippen LogP contribution in [0.4, 0.5) is 0 Å². The molecule has 0 radical (unpaired) electrons. The second kappa shape index (κ2) is 7.36. The van der Waals surface area contributed by atoms with Crippen molar-refractivity contribution in [3.63, 3.8) is 0 Å². The number of para-hydroxylation sites is 1. The monoisotopic (exact) mass is 261 g/mol. The molecule has 19 heavy (non-hydrogen) atoms. The van der Waals surface area contributed by atoms with E-state index in [1.807, 2.05) is 6.07 Å². The van der Waals surface area contributed by atoms with Gasteiger partial charge in [-0.2, -0.15) is 0 Å². The van der Waals surface area contributed by atoms with Crippen LogP contribution in [0.5, 0.6) is 0 Å². The maximum absolute atomic E-state index is 11.9. The number of carbonyl (C=O) groups excluding carboxylic acids is 1. The molecule has 0 saturated heterocycles. The van der Waals surface area contributed by atoms with Gasteiger partial charge < -0.3 is 9.72 Å². The zero-order valence-electron chi connectivity index (χ0n) is 11.5. The van der Waals surface area contributed by atoms with Crippen LogP contribution in [0.25, 0.3) is 10.9 Å². The van der Waals surface area contributed by atoms with Gasteiger partial charge in [-0.1, -0.05) is 32.4 Å². The summed E-state index contributed by atoms with van der Waals surface area (Å²) in [5.41, 5.74) is 0.453. The Morgan fingerprint density at radius 3 is 2.47 bits per heavy atom. The third-order valence-corrected chi connectivity index (χ3v) is 2.28. The summed E-state index contributed by atoms with van der Waals surface area (Å²) >= 11 is 0. The maximum atomic E-state index is 11.9. The van der Waals surface area contributed by atoms with Crippen LogP contribution in [0.15, 0.2) is 35.3 Å². The summed E-state index contributed by atoms with van der Waals surface area (Å²) in [4.78, 5) is 26.3. The molecule has 0 bridgehead atoms. The van der Waals surface area contributed by atoms with Crippen LogP contribution in [0.2, 0.25) is 0 Å². The van der Waals surface area contributed by atoms with Gasteiger partial charge in [0.1, 0.15) is 5.56 Å². The Morgan fingerprint density at radius 1 is 1.21 bits per heavy atom. The molecule has 0 aliphatic rings. The first kappa shape index (κ1) is 15.0. The topological polar surface area (TPSA) is 59.2 Å². The van der Waals surface area contributed by atoms with Crippen molar-refractivity contribution in [3.05, 3.63) is 46.2 Å². The van der Waals surface area contributed by atoms with E-state index in [4.69, 9.17) is 4.74 Å². The van der Waals surface area contributed by atoms with E-state index < -0.39 is 5.97 Å². The van der Waals surface area contributed by atoms with Crippen molar-refractivity contribution >= 4 is 16.9 Å². The molecule has 4 nitrogen and oxygen atoms in total. The normalized spacial score (nSPS) is 9.63. The molecule has 0 aliphatic carbocycles. The Labute approximate surface area is 112 Å². The molecule has 1 N–H and O–H groups in total. The Bertz CT molecular complexity index is 602. The minimum absolute atomic E-state index is 0.0422. The van der Waals surface area contributed by atoms with E-state index >= 15 is 0 Å². The predicted octanol–water partition coefficient (Wildman–Crippen LogP) is 3.12. The largest absolute Gasteiger partial charge is 0.462 e. The van der Waals surface area contributed by atoms with Crippen molar-refractivity contribution in [3.8, 4) is 0 Å². The first-order chi connectivity index (χ1) is 9.15. The lowest BCUT2D eigenvalue weighted by molar-refractivity contribution is 0.0524. The van der Waals surface area contributed by atoms with Gasteiger partial charge in [0.25, 0.3) is 0 Å². The first-order valence-electron chi connectivity index (χ1n) is 6.43. The van der Waals surface area contributed by atoms with Crippen molar-refractivity contribution in [2.24, 2.45) is 0 Å². The summed E-state index contributed by atoms with van der Waals surface area (Å²) in [7, 11) is 0. The Morgan fingerprint density at radius 2 is 1.84 bits per heavy atom. The number of hydrogen-bond donors (Lipinski definition) is 1. The second-order valence-electron chi connectivity index (χ2n) is 4.00. The Kier molecular flexibility index (Phi) is 5.79. The van der Waals surface area contributed by atoms with Crippen molar-refractivity contribution < 1.29 is 9.53 Å². The molecule has 102 valence electrons. The quantitative estimate of drug-likeness (QED) is 0.845. The van der Waals surface area contributed by atoms with E-state index in [1.54, 1.807) is 25.1 Å². The number of carbonyl (C=O) groups is 1. The minimum atomic E-state index is -0.588. The lowest BCUT2D eigenvalue weighted by atomic mass is 10.1. The molecule has 0 fully saturated rings. The van der Waals surface area contributed by atoms with Crippen molar-refractivity contribution in [2.75, 3.05) is 6.61 Å². The highest BCUT2D eigenvalue weighted by Gasteiger charge is 2.12. The fourth-order valence-corrected chi connectivity index (χ4v) is 1.53. The highest BCUT2D eigenvalue weighted by molar-refractivity contribution is 5.93. The van der Waals surface area contributed by atoms with Crippen LogP contribution in [0, 0.1) is 0 Å². The SMILES string of the molecule is CCC.CCOC(=O)c1c[nH]c2ccccc2c1=O. The van der Waals surface area contributed by atoms with Gasteiger partial charge in [0.2, 0.25) is 5.43 Å². The summed E-state index contributed by atoms with van der Waals surface area (Å²) in [5, 5.41) is 0.494. The first-order valence-corrected chi connectivity index (χ1v) is 6.43. The Hall–Kier alpha value is -2.10. The number of esters is 1. The average molecular weight is 261 g/mol. The fraction of sp³-hybridized carbons (Fsp3) is 0.333. The van der Waals surface area contributed by atoms with Gasteiger partial charge in [-0.3, -0.25) is 4.79 Å². The van der Waals surface area contributed by atoms with Crippen LogP contribution in [-0.4, -0.2) is 17.6 Å². The highest BCUT2D eigenvalue weighted by atomic mass is 16.5. The predicted molar refractivity (Wildman–Crippen MR) is 76.5 cm³/mol. The number of aromatic nitrogens is 1. The Balaban J connectivity index is 0.000000550. The number of pyridine rings is 1. The van der Waals surface area contributed by atoms with E-state index in [0.717, 1.165) is 0 Å². The molecule has 0 unspecified atom stereocenters. The molecule has 0 atom stereocenters. The van der Waals surface area contributed by atoms with E-state index in [2.05, 4.69) is 18.8 Å². The fourth-order valence-electron chi connectivity index (χ4n) is 1.53. The van der Waals surface area contributed by atoms with E-state index in [0.29, 0.717) is 10.9 Å². The van der Waals surface area contributed by atoms with Gasteiger partial charge >= 0.3 is 5.97 Å². The average Bonchev–Trinajstić information content (AvgIpc) is 2.40. The zero-order chi connectivity index (χ0) is 14.3. The van der Waals surface area contributed by atoms with Crippen LogP contribution in [-0.2, 0) is 4.74 Å². The van der Waals surface area contributed by atoms with E-state index in [-0.39, 0.29) is 17.6 Å². The summed E-state index contributed by atoms with van der Waals surface area (Å²) in [5.74, 6) is -0.588. The van der Waals surface area contributed by atoms with Gasteiger partial charge in [-0.25, -0.2) is 4.79 Å². The van der Waals surface area contributed by atoms with Crippen LogP contribution < -0.4 is 5.43 Å². The number of fused-ring (bicyclic) bond motifs is 1.